The first kappa shape index (κ1) is 17.1. The van der Waals surface area contributed by atoms with Gasteiger partial charge in [-0.3, -0.25) is 4.79 Å². The van der Waals surface area contributed by atoms with Crippen LogP contribution < -0.4 is 25.8 Å². The highest BCUT2D eigenvalue weighted by atomic mass is 16.5. The molecule has 0 radical (unpaired) electrons. The van der Waals surface area contributed by atoms with Crippen LogP contribution in [0.4, 0.5) is 16.2 Å². The minimum absolute atomic E-state index is 0.162. The zero-order valence-electron chi connectivity index (χ0n) is 13.5. The number of urea groups is 1. The molecular weight excluding hydrogens is 310 g/mol. The number of methoxy groups -OCH3 is 2. The van der Waals surface area contributed by atoms with Crippen LogP contribution in [0, 0.1) is 0 Å². The predicted molar refractivity (Wildman–Crippen MR) is 91.5 cm³/mol. The number of hydrogen-bond acceptors (Lipinski definition) is 4. The quantitative estimate of drug-likeness (QED) is 0.757. The number of benzene rings is 2. The van der Waals surface area contributed by atoms with Crippen molar-refractivity contribution in [1.82, 2.24) is 0 Å². The summed E-state index contributed by atoms with van der Waals surface area (Å²) in [5.74, 6) is 0.712. The van der Waals surface area contributed by atoms with E-state index in [4.69, 9.17) is 15.2 Å². The molecule has 0 aliphatic heterocycles. The molecule has 0 aromatic heterocycles. The van der Waals surface area contributed by atoms with Gasteiger partial charge in [-0.1, -0.05) is 12.1 Å². The van der Waals surface area contributed by atoms with Crippen molar-refractivity contribution >= 4 is 23.3 Å². The summed E-state index contributed by atoms with van der Waals surface area (Å²) < 4.78 is 10.3. The molecule has 24 heavy (non-hydrogen) atoms. The first-order valence-corrected chi connectivity index (χ1v) is 7.19. The van der Waals surface area contributed by atoms with Crippen molar-refractivity contribution in [3.63, 3.8) is 0 Å². The van der Waals surface area contributed by atoms with Gasteiger partial charge in [-0.05, 0) is 29.8 Å². The largest absolute Gasteiger partial charge is 0.497 e. The zero-order valence-corrected chi connectivity index (χ0v) is 13.5. The number of rotatable bonds is 6. The Kier molecular flexibility index (Phi) is 5.62. The van der Waals surface area contributed by atoms with E-state index in [0.29, 0.717) is 22.9 Å². The highest BCUT2D eigenvalue weighted by Gasteiger charge is 2.09. The fourth-order valence-electron chi connectivity index (χ4n) is 2.09. The van der Waals surface area contributed by atoms with Crippen LogP contribution in [0.15, 0.2) is 42.5 Å². The molecule has 2 aromatic rings. The van der Waals surface area contributed by atoms with E-state index < -0.39 is 11.9 Å². The summed E-state index contributed by atoms with van der Waals surface area (Å²) in [6.45, 7) is 0. The number of amides is 3. The standard InChI is InChI=1S/C17H19N3O4/c1-23-13-7-8-14(15(10-13)24-2)20-17(22)19-12-5-3-11(4-6-12)9-16(18)21/h3-8,10H,9H2,1-2H3,(H2,18,21)(H2,19,20,22). The molecular formula is C17H19N3O4. The van der Waals surface area contributed by atoms with E-state index in [0.717, 1.165) is 5.56 Å². The average molecular weight is 329 g/mol. The molecule has 126 valence electrons. The summed E-state index contributed by atoms with van der Waals surface area (Å²) in [5, 5.41) is 5.40. The van der Waals surface area contributed by atoms with Crippen LogP contribution in [0.5, 0.6) is 11.5 Å². The maximum atomic E-state index is 12.1. The Labute approximate surface area is 139 Å². The number of carbonyl (C=O) groups is 2. The van der Waals surface area contributed by atoms with Crippen molar-refractivity contribution in [1.29, 1.82) is 0 Å². The number of nitrogens with one attached hydrogen (secondary N) is 2. The number of ether oxygens (including phenoxy) is 2. The summed E-state index contributed by atoms with van der Waals surface area (Å²) in [6.07, 6.45) is 0.162. The Hall–Kier alpha value is -3.22. The second-order valence-electron chi connectivity index (χ2n) is 4.99. The van der Waals surface area contributed by atoms with Crippen molar-refractivity contribution in [2.45, 2.75) is 6.42 Å². The Balaban J connectivity index is 2.01. The minimum atomic E-state index is -0.416. The molecule has 2 aromatic carbocycles. The zero-order chi connectivity index (χ0) is 17.5. The first-order chi connectivity index (χ1) is 11.5. The van der Waals surface area contributed by atoms with Crippen LogP contribution in [0.2, 0.25) is 0 Å². The average Bonchev–Trinajstić information content (AvgIpc) is 2.56. The van der Waals surface area contributed by atoms with E-state index >= 15 is 0 Å². The monoisotopic (exact) mass is 329 g/mol. The predicted octanol–water partition coefficient (Wildman–Crippen LogP) is 2.38. The lowest BCUT2D eigenvalue weighted by Crippen LogP contribution is -2.20. The van der Waals surface area contributed by atoms with Crippen LogP contribution in [-0.4, -0.2) is 26.2 Å². The molecule has 0 unspecified atom stereocenters. The van der Waals surface area contributed by atoms with Gasteiger partial charge in [0, 0.05) is 11.8 Å². The first-order valence-electron chi connectivity index (χ1n) is 7.19. The van der Waals surface area contributed by atoms with E-state index in [-0.39, 0.29) is 6.42 Å². The Morgan fingerprint density at radius 3 is 2.29 bits per heavy atom. The summed E-state index contributed by atoms with van der Waals surface area (Å²) in [4.78, 5) is 22.9. The minimum Gasteiger partial charge on any atom is -0.497 e. The maximum Gasteiger partial charge on any atom is 0.323 e. The molecule has 0 aliphatic rings. The summed E-state index contributed by atoms with van der Waals surface area (Å²) in [7, 11) is 3.06. The van der Waals surface area contributed by atoms with E-state index in [1.165, 1.54) is 7.11 Å². The lowest BCUT2D eigenvalue weighted by atomic mass is 10.1. The highest BCUT2D eigenvalue weighted by molar-refractivity contribution is 6.00. The molecule has 2 rings (SSSR count). The van der Waals surface area contributed by atoms with Crippen molar-refractivity contribution in [3.8, 4) is 11.5 Å². The molecule has 0 saturated carbocycles. The third-order valence-electron chi connectivity index (χ3n) is 3.25. The fraction of sp³-hybridized carbons (Fsp3) is 0.176. The van der Waals surface area contributed by atoms with E-state index in [9.17, 15) is 9.59 Å². The van der Waals surface area contributed by atoms with Gasteiger partial charge in [0.2, 0.25) is 5.91 Å². The third kappa shape index (κ3) is 4.64. The maximum absolute atomic E-state index is 12.1. The van der Waals surface area contributed by atoms with Crippen LogP contribution in [0.25, 0.3) is 0 Å². The number of nitrogens with two attached hydrogens (primary N) is 1. The SMILES string of the molecule is COc1ccc(NC(=O)Nc2ccc(CC(N)=O)cc2)c(OC)c1. The Morgan fingerprint density at radius 1 is 1.00 bits per heavy atom. The van der Waals surface area contributed by atoms with Gasteiger partial charge in [-0.2, -0.15) is 0 Å². The molecule has 4 N–H and O–H groups in total. The van der Waals surface area contributed by atoms with Crippen LogP contribution in [-0.2, 0) is 11.2 Å². The summed E-state index contributed by atoms with van der Waals surface area (Å²) in [5.41, 5.74) is 7.03. The van der Waals surface area contributed by atoms with E-state index in [2.05, 4.69) is 10.6 Å². The molecule has 0 bridgehead atoms. The molecule has 0 aliphatic carbocycles. The lowest BCUT2D eigenvalue weighted by molar-refractivity contribution is -0.117. The Bertz CT molecular complexity index is 729. The molecule has 0 atom stereocenters. The normalized spacial score (nSPS) is 9.92. The lowest BCUT2D eigenvalue weighted by Gasteiger charge is -2.12. The van der Waals surface area contributed by atoms with Gasteiger partial charge >= 0.3 is 6.03 Å². The second-order valence-corrected chi connectivity index (χ2v) is 4.99. The number of anilines is 2. The number of carbonyl (C=O) groups excluding carboxylic acids is 2. The fourth-order valence-corrected chi connectivity index (χ4v) is 2.09. The van der Waals surface area contributed by atoms with E-state index in [1.54, 1.807) is 49.6 Å². The third-order valence-corrected chi connectivity index (χ3v) is 3.25. The van der Waals surface area contributed by atoms with Crippen molar-refractivity contribution < 1.29 is 19.1 Å². The van der Waals surface area contributed by atoms with Crippen LogP contribution in [0.1, 0.15) is 5.56 Å². The molecule has 7 nitrogen and oxygen atoms in total. The van der Waals surface area contributed by atoms with Gasteiger partial charge in [0.05, 0.1) is 26.3 Å². The van der Waals surface area contributed by atoms with Crippen LogP contribution >= 0.6 is 0 Å². The van der Waals surface area contributed by atoms with Gasteiger partial charge in [-0.25, -0.2) is 4.79 Å². The van der Waals surface area contributed by atoms with Gasteiger partial charge < -0.3 is 25.8 Å². The van der Waals surface area contributed by atoms with Gasteiger partial charge in [0.1, 0.15) is 11.5 Å². The molecule has 0 saturated heterocycles. The summed E-state index contributed by atoms with van der Waals surface area (Å²) >= 11 is 0. The van der Waals surface area contributed by atoms with E-state index in [1.807, 2.05) is 0 Å². The topological polar surface area (TPSA) is 103 Å². The molecule has 0 fully saturated rings. The van der Waals surface area contributed by atoms with Crippen molar-refractivity contribution in [3.05, 3.63) is 48.0 Å². The number of hydrogen-bond donors (Lipinski definition) is 3. The second kappa shape index (κ2) is 7.87. The number of primary amides is 1. The van der Waals surface area contributed by atoms with Crippen LogP contribution in [0.3, 0.4) is 0 Å². The molecule has 7 heteroatoms. The van der Waals surface area contributed by atoms with Gasteiger partial charge in [0.25, 0.3) is 0 Å². The molecule has 0 spiro atoms. The van der Waals surface area contributed by atoms with Gasteiger partial charge in [0.15, 0.2) is 0 Å². The van der Waals surface area contributed by atoms with Crippen molar-refractivity contribution in [2.24, 2.45) is 5.73 Å². The molecule has 3 amide bonds. The van der Waals surface area contributed by atoms with Crippen molar-refractivity contribution in [2.75, 3.05) is 24.9 Å². The Morgan fingerprint density at radius 2 is 1.71 bits per heavy atom. The van der Waals surface area contributed by atoms with Gasteiger partial charge in [-0.15, -0.1) is 0 Å². The molecule has 0 heterocycles. The smallest absolute Gasteiger partial charge is 0.323 e. The highest BCUT2D eigenvalue weighted by Crippen LogP contribution is 2.29. The summed E-state index contributed by atoms with van der Waals surface area (Å²) in [6, 6.07) is 11.5.